The van der Waals surface area contributed by atoms with Crippen LogP contribution in [0.4, 0.5) is 4.79 Å². The van der Waals surface area contributed by atoms with E-state index in [0.717, 1.165) is 24.4 Å². The molecule has 1 aliphatic heterocycles. The van der Waals surface area contributed by atoms with Crippen molar-refractivity contribution in [2.45, 2.75) is 26.1 Å². The predicted molar refractivity (Wildman–Crippen MR) is 84.0 cm³/mol. The first kappa shape index (κ1) is 16.0. The van der Waals surface area contributed by atoms with E-state index in [0.29, 0.717) is 19.6 Å². The number of rotatable bonds is 3. The molecule has 3 amide bonds. The molecular formula is C15H20N6O3. The highest BCUT2D eigenvalue weighted by Crippen LogP contribution is 2.15. The van der Waals surface area contributed by atoms with Crippen LogP contribution in [0.2, 0.25) is 0 Å². The zero-order chi connectivity index (χ0) is 17.1. The van der Waals surface area contributed by atoms with Crippen molar-refractivity contribution in [3.63, 3.8) is 0 Å². The van der Waals surface area contributed by atoms with Gasteiger partial charge >= 0.3 is 6.03 Å². The maximum atomic E-state index is 12.2. The predicted octanol–water partition coefficient (Wildman–Crippen LogP) is 0.688. The van der Waals surface area contributed by atoms with Crippen LogP contribution in [0.15, 0.2) is 22.9 Å². The minimum absolute atomic E-state index is 0.00876. The van der Waals surface area contributed by atoms with Gasteiger partial charge in [0.25, 0.3) is 5.91 Å². The third-order valence-electron chi connectivity index (χ3n) is 3.82. The second-order valence-corrected chi connectivity index (χ2v) is 5.87. The fraction of sp³-hybridized carbons (Fsp3) is 0.467. The number of aryl methyl sites for hydroxylation is 1. The van der Waals surface area contributed by atoms with E-state index < -0.39 is 0 Å². The minimum Gasteiger partial charge on any atom is -0.364 e. The third kappa shape index (κ3) is 3.39. The van der Waals surface area contributed by atoms with Crippen molar-refractivity contribution in [2.75, 3.05) is 20.6 Å². The molecule has 0 saturated carbocycles. The molecule has 2 aromatic heterocycles. The lowest BCUT2D eigenvalue weighted by Gasteiger charge is -2.23. The SMILES string of the molecule is CN(C)C(=O)N1CCCn2nc(CNC(=O)c3ccon3)cc2C1. The maximum Gasteiger partial charge on any atom is 0.319 e. The van der Waals surface area contributed by atoms with Gasteiger partial charge in [-0.25, -0.2) is 4.79 Å². The van der Waals surface area contributed by atoms with Gasteiger partial charge in [-0.3, -0.25) is 9.48 Å². The molecule has 1 aliphatic rings. The lowest BCUT2D eigenvalue weighted by molar-refractivity contribution is 0.0941. The molecule has 0 radical (unpaired) electrons. The van der Waals surface area contributed by atoms with E-state index in [1.165, 1.54) is 12.3 Å². The first-order valence-corrected chi connectivity index (χ1v) is 7.75. The van der Waals surface area contributed by atoms with Gasteiger partial charge in [0, 0.05) is 33.3 Å². The summed E-state index contributed by atoms with van der Waals surface area (Å²) in [5.74, 6) is -0.309. The molecule has 0 spiro atoms. The molecule has 1 N–H and O–H groups in total. The molecule has 0 bridgehead atoms. The Morgan fingerprint density at radius 2 is 2.21 bits per heavy atom. The number of nitrogens with zero attached hydrogens (tertiary/aromatic N) is 5. The molecule has 3 heterocycles. The number of hydrogen-bond donors (Lipinski definition) is 1. The van der Waals surface area contributed by atoms with Gasteiger partial charge in [-0.15, -0.1) is 0 Å². The molecule has 0 saturated heterocycles. The zero-order valence-electron chi connectivity index (χ0n) is 13.7. The summed E-state index contributed by atoms with van der Waals surface area (Å²) in [6.45, 7) is 2.27. The number of amides is 3. The minimum atomic E-state index is -0.309. The van der Waals surface area contributed by atoms with E-state index in [4.69, 9.17) is 0 Å². The molecule has 3 rings (SSSR count). The first-order valence-electron chi connectivity index (χ1n) is 7.75. The molecule has 2 aromatic rings. The smallest absolute Gasteiger partial charge is 0.319 e. The van der Waals surface area contributed by atoms with Crippen LogP contribution in [0, 0.1) is 0 Å². The molecule has 9 nitrogen and oxygen atoms in total. The summed E-state index contributed by atoms with van der Waals surface area (Å²) in [4.78, 5) is 27.4. The average Bonchev–Trinajstić information content (AvgIpc) is 3.18. The fourth-order valence-corrected chi connectivity index (χ4v) is 2.65. The highest BCUT2D eigenvalue weighted by molar-refractivity contribution is 5.91. The molecule has 128 valence electrons. The monoisotopic (exact) mass is 332 g/mol. The van der Waals surface area contributed by atoms with Crippen LogP contribution in [0.5, 0.6) is 0 Å². The Kier molecular flexibility index (Phi) is 4.50. The lowest BCUT2D eigenvalue weighted by atomic mass is 10.3. The third-order valence-corrected chi connectivity index (χ3v) is 3.82. The topological polar surface area (TPSA) is 96.5 Å². The molecule has 24 heavy (non-hydrogen) atoms. The number of nitrogens with one attached hydrogen (secondary N) is 1. The molecule has 0 aliphatic carbocycles. The number of urea groups is 1. The molecule has 0 fully saturated rings. The summed E-state index contributed by atoms with van der Waals surface area (Å²) in [5, 5.41) is 10.9. The van der Waals surface area contributed by atoms with Crippen LogP contribution in [0.1, 0.15) is 28.3 Å². The summed E-state index contributed by atoms with van der Waals surface area (Å²) < 4.78 is 6.55. The molecule has 0 unspecified atom stereocenters. The number of aromatic nitrogens is 3. The van der Waals surface area contributed by atoms with E-state index in [9.17, 15) is 9.59 Å². The molecule has 0 atom stereocenters. The van der Waals surface area contributed by atoms with Gasteiger partial charge < -0.3 is 19.6 Å². The van der Waals surface area contributed by atoms with Crippen molar-refractivity contribution in [1.82, 2.24) is 30.1 Å². The van der Waals surface area contributed by atoms with Gasteiger partial charge in [0.2, 0.25) is 0 Å². The second kappa shape index (κ2) is 6.73. The normalized spacial score (nSPS) is 14.0. The Bertz CT molecular complexity index is 722. The summed E-state index contributed by atoms with van der Waals surface area (Å²) in [6.07, 6.45) is 2.20. The van der Waals surface area contributed by atoms with Crippen LogP contribution in [-0.2, 0) is 19.6 Å². The Balaban J connectivity index is 1.65. The summed E-state index contributed by atoms with van der Waals surface area (Å²) in [6, 6.07) is 3.41. The molecule has 0 aromatic carbocycles. The summed E-state index contributed by atoms with van der Waals surface area (Å²) in [5.41, 5.74) is 1.95. The van der Waals surface area contributed by atoms with Gasteiger partial charge in [-0.1, -0.05) is 5.16 Å². The van der Waals surface area contributed by atoms with Crippen molar-refractivity contribution in [3.8, 4) is 0 Å². The van der Waals surface area contributed by atoms with Crippen LogP contribution >= 0.6 is 0 Å². The first-order chi connectivity index (χ1) is 11.5. The Hall–Kier alpha value is -2.84. The molecule has 9 heteroatoms. The molecular weight excluding hydrogens is 312 g/mol. The van der Waals surface area contributed by atoms with Crippen molar-refractivity contribution in [2.24, 2.45) is 0 Å². The lowest BCUT2D eigenvalue weighted by Crippen LogP contribution is -2.38. The fourth-order valence-electron chi connectivity index (χ4n) is 2.65. The maximum absolute atomic E-state index is 12.2. The summed E-state index contributed by atoms with van der Waals surface area (Å²) >= 11 is 0. The van der Waals surface area contributed by atoms with Gasteiger partial charge in [0.15, 0.2) is 5.69 Å². The van der Waals surface area contributed by atoms with Crippen molar-refractivity contribution in [1.29, 1.82) is 0 Å². The van der Waals surface area contributed by atoms with Gasteiger partial charge in [-0.2, -0.15) is 5.10 Å². The number of hydrogen-bond acceptors (Lipinski definition) is 5. The quantitative estimate of drug-likeness (QED) is 0.892. The largest absolute Gasteiger partial charge is 0.364 e. The van der Waals surface area contributed by atoms with Crippen molar-refractivity contribution in [3.05, 3.63) is 35.5 Å². The number of carbonyl (C=O) groups excluding carboxylic acids is 2. The Morgan fingerprint density at radius 3 is 2.92 bits per heavy atom. The van der Waals surface area contributed by atoms with Crippen LogP contribution < -0.4 is 5.32 Å². The van der Waals surface area contributed by atoms with Gasteiger partial charge in [-0.05, 0) is 12.5 Å². The standard InChI is InChI=1S/C15H20N6O3/c1-19(2)15(23)20-5-3-6-21-12(10-20)8-11(17-21)9-16-14(22)13-4-7-24-18-13/h4,7-8H,3,5-6,9-10H2,1-2H3,(H,16,22). The van der Waals surface area contributed by atoms with Crippen molar-refractivity contribution >= 4 is 11.9 Å². The van der Waals surface area contributed by atoms with Crippen LogP contribution in [0.25, 0.3) is 0 Å². The van der Waals surface area contributed by atoms with E-state index in [2.05, 4.69) is 20.1 Å². The van der Waals surface area contributed by atoms with Crippen molar-refractivity contribution < 1.29 is 14.1 Å². The van der Waals surface area contributed by atoms with E-state index in [1.54, 1.807) is 23.9 Å². The Labute approximate surface area is 139 Å². The number of carbonyl (C=O) groups is 2. The van der Waals surface area contributed by atoms with Gasteiger partial charge in [0.1, 0.15) is 6.26 Å². The number of fused-ring (bicyclic) bond motifs is 1. The second-order valence-electron chi connectivity index (χ2n) is 5.87. The highest BCUT2D eigenvalue weighted by atomic mass is 16.5. The Morgan fingerprint density at radius 1 is 1.38 bits per heavy atom. The zero-order valence-corrected chi connectivity index (χ0v) is 13.7. The average molecular weight is 332 g/mol. The van der Waals surface area contributed by atoms with Crippen LogP contribution in [0.3, 0.4) is 0 Å². The summed E-state index contributed by atoms with van der Waals surface area (Å²) in [7, 11) is 3.49. The van der Waals surface area contributed by atoms with Crippen LogP contribution in [-0.4, -0.2) is 57.3 Å². The van der Waals surface area contributed by atoms with E-state index >= 15 is 0 Å². The van der Waals surface area contributed by atoms with E-state index in [1.807, 2.05) is 10.7 Å². The highest BCUT2D eigenvalue weighted by Gasteiger charge is 2.21. The van der Waals surface area contributed by atoms with Gasteiger partial charge in [0.05, 0.1) is 24.5 Å². The van der Waals surface area contributed by atoms with E-state index in [-0.39, 0.29) is 17.6 Å².